The Bertz CT molecular complexity index is 1410. The standard InChI is InChI=1S/C56H98O7S.K/c1-3-5-7-9-11-13-15-17-19-21-23-25-27-29-31-33-35-37-39-41-43-45-49-62-55(57)53-48-47-52(64(59,60)61)51-54(53)56(58)63-50-46-44-42-40-38-36-34-32-30-28-26-24-22-20-18-16-14-12-10-8-6-4-2;/h3-6,47-48,51H,7-46,49-50H2,1-2H3,(H,59,60,61);/q;+1/p-1/b5-3+,6-4+;. The quantitative estimate of drug-likeness (QED) is 0.0210. The fraction of sp³-hybridized carbons (Fsp3) is 0.786. The summed E-state index contributed by atoms with van der Waals surface area (Å²) in [5.41, 5.74) is -0.325. The van der Waals surface area contributed by atoms with Gasteiger partial charge in [0, 0.05) is 0 Å². The van der Waals surface area contributed by atoms with Crippen LogP contribution < -0.4 is 51.4 Å². The molecule has 0 aliphatic rings. The summed E-state index contributed by atoms with van der Waals surface area (Å²) in [5, 5.41) is 0. The van der Waals surface area contributed by atoms with Gasteiger partial charge in [-0.25, -0.2) is 18.0 Å². The van der Waals surface area contributed by atoms with Gasteiger partial charge in [-0.05, 0) is 70.6 Å². The summed E-state index contributed by atoms with van der Waals surface area (Å²) in [5.74, 6) is -1.53. The predicted molar refractivity (Wildman–Crippen MR) is 269 cm³/mol. The molecule has 0 aliphatic heterocycles. The van der Waals surface area contributed by atoms with Crippen molar-refractivity contribution in [2.24, 2.45) is 0 Å². The Balaban J connectivity index is 0.0000410. The van der Waals surface area contributed by atoms with E-state index in [9.17, 15) is 22.6 Å². The molecule has 0 radical (unpaired) electrons. The number of esters is 2. The third-order valence-corrected chi connectivity index (χ3v) is 13.5. The zero-order valence-electron chi connectivity index (χ0n) is 42.5. The van der Waals surface area contributed by atoms with Crippen molar-refractivity contribution >= 4 is 22.1 Å². The molecule has 0 aliphatic carbocycles. The van der Waals surface area contributed by atoms with Gasteiger partial charge >= 0.3 is 63.3 Å². The molecule has 1 rings (SSSR count). The molecule has 0 N–H and O–H groups in total. The molecule has 0 fully saturated rings. The molecule has 0 unspecified atom stereocenters. The van der Waals surface area contributed by atoms with Gasteiger partial charge in [0.15, 0.2) is 0 Å². The van der Waals surface area contributed by atoms with Crippen LogP contribution >= 0.6 is 0 Å². The topological polar surface area (TPSA) is 110 Å². The largest absolute Gasteiger partial charge is 1.00 e. The Morgan fingerprint density at radius 1 is 0.415 bits per heavy atom. The van der Waals surface area contributed by atoms with Crippen LogP contribution in [0.2, 0.25) is 0 Å². The third-order valence-electron chi connectivity index (χ3n) is 12.7. The number of carbonyl (C=O) groups is 2. The Hall–Kier alpha value is -0.814. The predicted octanol–water partition coefficient (Wildman–Crippen LogP) is 14.7. The summed E-state index contributed by atoms with van der Waals surface area (Å²) in [7, 11) is -4.82. The van der Waals surface area contributed by atoms with Crippen molar-refractivity contribution in [1.82, 2.24) is 0 Å². The van der Waals surface area contributed by atoms with E-state index < -0.39 is 27.0 Å². The van der Waals surface area contributed by atoms with Gasteiger partial charge in [0.2, 0.25) is 0 Å². The normalized spacial score (nSPS) is 11.7. The summed E-state index contributed by atoms with van der Waals surface area (Å²) < 4.78 is 46.0. The molecule has 0 heterocycles. The van der Waals surface area contributed by atoms with Crippen LogP contribution in [0, 0.1) is 0 Å². The molecule has 0 bridgehead atoms. The second kappa shape index (κ2) is 48.2. The summed E-state index contributed by atoms with van der Waals surface area (Å²) >= 11 is 0. The van der Waals surface area contributed by atoms with E-state index >= 15 is 0 Å². The summed E-state index contributed by atoms with van der Waals surface area (Å²) in [6, 6.07) is 3.17. The maximum absolute atomic E-state index is 13.0. The molecule has 7 nitrogen and oxygen atoms in total. The summed E-state index contributed by atoms with van der Waals surface area (Å²) in [6.45, 7) is 4.58. The average Bonchev–Trinajstić information content (AvgIpc) is 3.28. The number of hydrogen-bond donors (Lipinski definition) is 0. The Morgan fingerprint density at radius 3 is 0.923 bits per heavy atom. The van der Waals surface area contributed by atoms with E-state index in [1.165, 1.54) is 218 Å². The van der Waals surface area contributed by atoms with Crippen LogP contribution in [0.25, 0.3) is 0 Å². The molecule has 1 aromatic rings. The van der Waals surface area contributed by atoms with Crippen molar-refractivity contribution in [3.8, 4) is 0 Å². The van der Waals surface area contributed by atoms with Gasteiger partial charge in [-0.2, -0.15) is 0 Å². The van der Waals surface area contributed by atoms with E-state index in [0.717, 1.165) is 44.2 Å². The minimum Gasteiger partial charge on any atom is -0.744 e. The van der Waals surface area contributed by atoms with E-state index in [1.54, 1.807) is 0 Å². The van der Waals surface area contributed by atoms with Crippen molar-refractivity contribution < 1.29 is 83.4 Å². The average molecular weight is 954 g/mol. The van der Waals surface area contributed by atoms with Crippen molar-refractivity contribution in [1.29, 1.82) is 0 Å². The van der Waals surface area contributed by atoms with E-state index in [-0.39, 0.29) is 75.7 Å². The van der Waals surface area contributed by atoms with Gasteiger partial charge in [0.05, 0.1) is 29.2 Å². The minimum atomic E-state index is -4.82. The van der Waals surface area contributed by atoms with Crippen molar-refractivity contribution in [3.05, 3.63) is 53.6 Å². The van der Waals surface area contributed by atoms with E-state index in [2.05, 4.69) is 38.2 Å². The van der Waals surface area contributed by atoms with Gasteiger partial charge < -0.3 is 14.0 Å². The first-order valence-electron chi connectivity index (χ1n) is 27.0. The van der Waals surface area contributed by atoms with Crippen molar-refractivity contribution in [2.75, 3.05) is 13.2 Å². The second-order valence-corrected chi connectivity index (χ2v) is 20.0. The molecular weight excluding hydrogens is 856 g/mol. The Kier molecular flexibility index (Phi) is 47.6. The van der Waals surface area contributed by atoms with Crippen LogP contribution in [0.1, 0.15) is 291 Å². The first-order chi connectivity index (χ1) is 31.3. The number of ether oxygens (including phenoxy) is 2. The maximum atomic E-state index is 13.0. The molecule has 0 saturated carbocycles. The zero-order chi connectivity index (χ0) is 46.4. The smallest absolute Gasteiger partial charge is 0.744 e. The van der Waals surface area contributed by atoms with Gasteiger partial charge in [0.25, 0.3) is 0 Å². The fourth-order valence-electron chi connectivity index (χ4n) is 8.58. The van der Waals surface area contributed by atoms with E-state index in [4.69, 9.17) is 9.47 Å². The van der Waals surface area contributed by atoms with Crippen LogP contribution in [-0.2, 0) is 19.6 Å². The number of benzene rings is 1. The SMILES string of the molecule is C/C=C/CCCCCCCCCCCCCCCCCCCCCOC(=O)c1ccc(S(=O)(=O)[O-])cc1C(=O)OCCCCCCCCCCCCCCCCCCCCC/C=C/C.[K+]. The van der Waals surface area contributed by atoms with Gasteiger partial charge in [0.1, 0.15) is 10.1 Å². The van der Waals surface area contributed by atoms with Gasteiger partial charge in [-0.15, -0.1) is 0 Å². The third kappa shape index (κ3) is 40.8. The van der Waals surface area contributed by atoms with Crippen molar-refractivity contribution in [2.45, 2.75) is 276 Å². The molecule has 0 aromatic heterocycles. The molecule has 0 amide bonds. The number of hydrogen-bond acceptors (Lipinski definition) is 7. The molecule has 9 heteroatoms. The summed E-state index contributed by atoms with van der Waals surface area (Å²) in [4.78, 5) is 25.4. The molecule has 370 valence electrons. The van der Waals surface area contributed by atoms with Crippen LogP contribution in [0.5, 0.6) is 0 Å². The second-order valence-electron chi connectivity index (χ2n) is 18.6. The molecule has 0 atom stereocenters. The monoisotopic (exact) mass is 953 g/mol. The van der Waals surface area contributed by atoms with Crippen molar-refractivity contribution in [3.63, 3.8) is 0 Å². The zero-order valence-corrected chi connectivity index (χ0v) is 46.4. The van der Waals surface area contributed by atoms with Crippen LogP contribution in [0.15, 0.2) is 47.4 Å². The van der Waals surface area contributed by atoms with Crippen LogP contribution in [0.4, 0.5) is 0 Å². The number of rotatable bonds is 47. The van der Waals surface area contributed by atoms with Crippen LogP contribution in [-0.4, -0.2) is 38.1 Å². The Labute approximate surface area is 443 Å². The van der Waals surface area contributed by atoms with E-state index in [0.29, 0.717) is 12.8 Å². The number of unbranched alkanes of at least 4 members (excludes halogenated alkanes) is 38. The molecule has 0 spiro atoms. The fourth-order valence-corrected chi connectivity index (χ4v) is 9.08. The molecule has 65 heavy (non-hydrogen) atoms. The number of carbonyl (C=O) groups excluding carboxylic acids is 2. The first kappa shape index (κ1) is 64.2. The van der Waals surface area contributed by atoms with Gasteiger partial charge in [-0.3, -0.25) is 0 Å². The van der Waals surface area contributed by atoms with Gasteiger partial charge in [-0.1, -0.05) is 243 Å². The maximum Gasteiger partial charge on any atom is 1.00 e. The Morgan fingerprint density at radius 2 is 0.662 bits per heavy atom. The number of allylic oxidation sites excluding steroid dienone is 4. The summed E-state index contributed by atoms with van der Waals surface area (Å²) in [6.07, 6.45) is 59.7. The molecular formula is C56H97KO7S. The van der Waals surface area contributed by atoms with Crippen LogP contribution in [0.3, 0.4) is 0 Å². The molecule has 1 aromatic carbocycles. The van der Waals surface area contributed by atoms with E-state index in [1.807, 2.05) is 0 Å². The molecule has 0 saturated heterocycles. The minimum absolute atomic E-state index is 0. The first-order valence-corrected chi connectivity index (χ1v) is 28.4.